The molecule has 0 radical (unpaired) electrons. The first-order chi connectivity index (χ1) is 6.57. The third kappa shape index (κ3) is 2.84. The van der Waals surface area contributed by atoms with Crippen LogP contribution in [0, 0.1) is 0 Å². The van der Waals surface area contributed by atoms with E-state index in [0.717, 1.165) is 0 Å². The van der Waals surface area contributed by atoms with E-state index in [1.807, 2.05) is 0 Å². The van der Waals surface area contributed by atoms with Crippen LogP contribution >= 0.6 is 0 Å². The van der Waals surface area contributed by atoms with E-state index < -0.39 is 36.2 Å². The van der Waals surface area contributed by atoms with Crippen molar-refractivity contribution in [2.75, 3.05) is 6.61 Å². The molecule has 15 heavy (non-hydrogen) atoms. The lowest BCUT2D eigenvalue weighted by atomic mass is 9.91. The third-order valence-electron chi connectivity index (χ3n) is 2.01. The molecule has 0 unspecified atom stereocenters. The zero-order valence-electron chi connectivity index (χ0n) is 7.90. The highest BCUT2D eigenvalue weighted by Crippen LogP contribution is 2.19. The van der Waals surface area contributed by atoms with Crippen LogP contribution in [0.25, 0.3) is 0 Å². The van der Waals surface area contributed by atoms with Gasteiger partial charge in [0, 0.05) is 0 Å². The van der Waals surface area contributed by atoms with Gasteiger partial charge in [-0.1, -0.05) is 0 Å². The quantitative estimate of drug-likeness (QED) is 0.235. The van der Waals surface area contributed by atoms with Gasteiger partial charge in [-0.2, -0.15) is 0 Å². The van der Waals surface area contributed by atoms with Crippen LogP contribution < -0.4 is 0 Å². The zero-order chi connectivity index (χ0) is 12.4. The van der Waals surface area contributed by atoms with Crippen molar-refractivity contribution in [2.24, 2.45) is 0 Å². The van der Waals surface area contributed by atoms with Gasteiger partial charge in [0.1, 0.15) is 12.2 Å². The molecule has 0 heterocycles. The summed E-state index contributed by atoms with van der Waals surface area (Å²) in [7, 11) is 0. The van der Waals surface area contributed by atoms with Crippen LogP contribution in [0.5, 0.6) is 0 Å². The van der Waals surface area contributed by atoms with Gasteiger partial charge in [-0.3, -0.25) is 0 Å². The van der Waals surface area contributed by atoms with Gasteiger partial charge in [-0.15, -0.1) is 0 Å². The molecule has 90 valence electrons. The molecule has 0 aromatic heterocycles. The molecular formula is C7H14O8. The van der Waals surface area contributed by atoms with Gasteiger partial charge in [0.2, 0.25) is 5.79 Å². The van der Waals surface area contributed by atoms with Gasteiger partial charge in [0.05, 0.1) is 6.61 Å². The fourth-order valence-corrected chi connectivity index (χ4v) is 0.780. The number of carbonyl (C=O) groups is 1. The van der Waals surface area contributed by atoms with Crippen LogP contribution in [0.3, 0.4) is 0 Å². The zero-order valence-corrected chi connectivity index (χ0v) is 7.90. The minimum Gasteiger partial charge on any atom is -0.479 e. The maximum atomic E-state index is 10.4. The van der Waals surface area contributed by atoms with Crippen molar-refractivity contribution in [3.05, 3.63) is 0 Å². The Hall–Kier alpha value is -0.770. The molecular weight excluding hydrogens is 212 g/mol. The van der Waals surface area contributed by atoms with Crippen molar-refractivity contribution in [1.29, 1.82) is 0 Å². The maximum absolute atomic E-state index is 10.4. The fourth-order valence-electron chi connectivity index (χ4n) is 0.780. The molecule has 8 heteroatoms. The van der Waals surface area contributed by atoms with Crippen LogP contribution in [0.2, 0.25) is 0 Å². The topological polar surface area (TPSA) is 159 Å². The summed E-state index contributed by atoms with van der Waals surface area (Å²) < 4.78 is 0. The van der Waals surface area contributed by atoms with Gasteiger partial charge < -0.3 is 35.7 Å². The second-order valence-electron chi connectivity index (χ2n) is 3.38. The Balaban J connectivity index is 4.86. The molecule has 0 bridgehead atoms. The molecule has 7 N–H and O–H groups in total. The standard InChI is InChI=1S/C7H14O8/c1-6(13,5(11)12)3(9)4(10)7(14,15)2-8/h3-4,8-10,13-15H,2H2,1H3,(H,11,12)/t3-,4-,6+/m0/s1. The lowest BCUT2D eigenvalue weighted by Gasteiger charge is -2.34. The number of aliphatic hydroxyl groups is 6. The van der Waals surface area contributed by atoms with Gasteiger partial charge in [-0.05, 0) is 6.92 Å². The molecule has 0 spiro atoms. The Kier molecular flexibility index (Phi) is 4.17. The van der Waals surface area contributed by atoms with Gasteiger partial charge in [0.25, 0.3) is 0 Å². The summed E-state index contributed by atoms with van der Waals surface area (Å²) in [6, 6.07) is 0. The number of aliphatic carboxylic acids is 1. The van der Waals surface area contributed by atoms with Crippen LogP contribution in [0.4, 0.5) is 0 Å². The van der Waals surface area contributed by atoms with E-state index in [1.54, 1.807) is 0 Å². The maximum Gasteiger partial charge on any atom is 0.338 e. The second-order valence-corrected chi connectivity index (χ2v) is 3.38. The molecule has 0 aromatic rings. The minimum atomic E-state index is -3.10. The summed E-state index contributed by atoms with van der Waals surface area (Å²) in [5.41, 5.74) is -2.77. The highest BCUT2D eigenvalue weighted by molar-refractivity contribution is 5.77. The predicted octanol–water partition coefficient (Wildman–Crippen LogP) is -3.78. The third-order valence-corrected chi connectivity index (χ3v) is 2.01. The molecule has 0 aliphatic rings. The van der Waals surface area contributed by atoms with Crippen molar-refractivity contribution in [2.45, 2.75) is 30.5 Å². The lowest BCUT2D eigenvalue weighted by molar-refractivity contribution is -0.278. The van der Waals surface area contributed by atoms with E-state index in [1.165, 1.54) is 0 Å². The average molecular weight is 226 g/mol. The Morgan fingerprint density at radius 3 is 1.87 bits per heavy atom. The highest BCUT2D eigenvalue weighted by atomic mass is 16.5. The van der Waals surface area contributed by atoms with E-state index in [2.05, 4.69) is 0 Å². The Morgan fingerprint density at radius 1 is 1.20 bits per heavy atom. The molecule has 0 saturated heterocycles. The van der Waals surface area contributed by atoms with Crippen molar-refractivity contribution in [1.82, 2.24) is 0 Å². The van der Waals surface area contributed by atoms with E-state index in [-0.39, 0.29) is 0 Å². The minimum absolute atomic E-state index is 0.663. The smallest absolute Gasteiger partial charge is 0.338 e. The first kappa shape index (κ1) is 14.2. The van der Waals surface area contributed by atoms with E-state index in [9.17, 15) is 15.0 Å². The number of hydrogen-bond donors (Lipinski definition) is 7. The summed E-state index contributed by atoms with van der Waals surface area (Å²) in [5, 5.41) is 62.1. The predicted molar refractivity (Wildman–Crippen MR) is 44.5 cm³/mol. The summed E-state index contributed by atoms with van der Waals surface area (Å²) in [5.74, 6) is -4.96. The monoisotopic (exact) mass is 226 g/mol. The number of hydrogen-bond acceptors (Lipinski definition) is 7. The average Bonchev–Trinajstić information content (AvgIpc) is 2.15. The number of carboxylic acid groups (broad SMARTS) is 1. The number of aliphatic hydroxyl groups excluding tert-OH is 3. The van der Waals surface area contributed by atoms with Crippen LogP contribution in [-0.4, -0.2) is 71.9 Å². The molecule has 8 nitrogen and oxygen atoms in total. The SMILES string of the molecule is C[C@](O)(C(=O)O)[C@@H](O)[C@H](O)C(O)(O)CO. The molecule has 0 aliphatic heterocycles. The number of rotatable bonds is 5. The molecule has 0 saturated carbocycles. The first-order valence-electron chi connectivity index (χ1n) is 3.95. The summed E-state index contributed by atoms with van der Waals surface area (Å²) in [6.45, 7) is -0.669. The summed E-state index contributed by atoms with van der Waals surface area (Å²) >= 11 is 0. The van der Waals surface area contributed by atoms with E-state index in [4.69, 9.17) is 25.5 Å². The molecule has 0 aliphatic carbocycles. The first-order valence-corrected chi connectivity index (χ1v) is 3.95. The molecule has 0 amide bonds. The second kappa shape index (κ2) is 4.39. The Labute approximate surface area is 84.7 Å². The summed E-state index contributed by atoms with van der Waals surface area (Å²) in [6.07, 6.45) is -4.81. The lowest BCUT2D eigenvalue weighted by Crippen LogP contribution is -2.61. The summed E-state index contributed by atoms with van der Waals surface area (Å²) in [4.78, 5) is 10.4. The Morgan fingerprint density at radius 2 is 1.60 bits per heavy atom. The molecule has 3 atom stereocenters. The normalized spacial score (nSPS) is 20.5. The molecule has 0 rings (SSSR count). The fraction of sp³-hybridized carbons (Fsp3) is 0.857. The van der Waals surface area contributed by atoms with E-state index >= 15 is 0 Å². The largest absolute Gasteiger partial charge is 0.479 e. The molecule has 0 fully saturated rings. The van der Waals surface area contributed by atoms with Crippen molar-refractivity contribution < 1.29 is 40.5 Å². The van der Waals surface area contributed by atoms with Crippen molar-refractivity contribution in [3.63, 3.8) is 0 Å². The Bertz CT molecular complexity index is 235. The van der Waals surface area contributed by atoms with Crippen LogP contribution in [-0.2, 0) is 4.79 Å². The van der Waals surface area contributed by atoms with Crippen LogP contribution in [0.15, 0.2) is 0 Å². The van der Waals surface area contributed by atoms with Gasteiger partial charge in [0.15, 0.2) is 5.60 Å². The number of carboxylic acids is 1. The van der Waals surface area contributed by atoms with Gasteiger partial charge >= 0.3 is 5.97 Å². The molecule has 0 aromatic carbocycles. The van der Waals surface area contributed by atoms with Crippen molar-refractivity contribution in [3.8, 4) is 0 Å². The van der Waals surface area contributed by atoms with E-state index in [0.29, 0.717) is 6.92 Å². The van der Waals surface area contributed by atoms with Gasteiger partial charge in [-0.25, -0.2) is 4.79 Å². The highest BCUT2D eigenvalue weighted by Gasteiger charge is 2.49. The van der Waals surface area contributed by atoms with Crippen LogP contribution in [0.1, 0.15) is 6.92 Å². The van der Waals surface area contributed by atoms with Crippen molar-refractivity contribution >= 4 is 5.97 Å².